The number of anilines is 1. The molecule has 0 aliphatic rings. The number of carbonyl (C=O) groups is 1. The van der Waals surface area contributed by atoms with Crippen molar-refractivity contribution in [1.29, 1.82) is 0 Å². The van der Waals surface area contributed by atoms with Gasteiger partial charge in [-0.1, -0.05) is 35.3 Å². The summed E-state index contributed by atoms with van der Waals surface area (Å²) in [6, 6.07) is 7.65. The lowest BCUT2D eigenvalue weighted by atomic mass is 10.2. The quantitative estimate of drug-likeness (QED) is 0.629. The summed E-state index contributed by atoms with van der Waals surface area (Å²) >= 11 is 12.1. The molecular formula is C20H23Cl2N5O. The molecule has 0 aliphatic heterocycles. The molecule has 0 atom stereocenters. The topological polar surface area (TPSA) is 64.7 Å². The predicted molar refractivity (Wildman–Crippen MR) is 112 cm³/mol. The lowest BCUT2D eigenvalue weighted by molar-refractivity contribution is -0.116. The smallest absolute Gasteiger partial charge is 0.226 e. The molecule has 3 aromatic rings. The molecule has 0 fully saturated rings. The fourth-order valence-electron chi connectivity index (χ4n) is 3.10. The minimum Gasteiger partial charge on any atom is -0.323 e. The Hall–Kier alpha value is -2.31. The van der Waals surface area contributed by atoms with E-state index in [-0.39, 0.29) is 5.91 Å². The van der Waals surface area contributed by atoms with Gasteiger partial charge in [-0.25, -0.2) is 0 Å². The molecule has 0 unspecified atom stereocenters. The number of nitrogens with zero attached hydrogens (tertiary/aromatic N) is 4. The zero-order valence-corrected chi connectivity index (χ0v) is 17.9. The summed E-state index contributed by atoms with van der Waals surface area (Å²) in [4.78, 5) is 12.5. The first-order valence-corrected chi connectivity index (χ1v) is 9.79. The van der Waals surface area contributed by atoms with Gasteiger partial charge in [-0.05, 0) is 45.4 Å². The number of aromatic nitrogens is 4. The average molecular weight is 420 g/mol. The van der Waals surface area contributed by atoms with Gasteiger partial charge in [0.2, 0.25) is 5.91 Å². The van der Waals surface area contributed by atoms with Crippen molar-refractivity contribution < 1.29 is 4.79 Å². The van der Waals surface area contributed by atoms with Crippen LogP contribution in [0.25, 0.3) is 0 Å². The highest BCUT2D eigenvalue weighted by molar-refractivity contribution is 6.31. The van der Waals surface area contributed by atoms with Gasteiger partial charge < -0.3 is 5.32 Å². The molecular weight excluding hydrogens is 397 g/mol. The molecule has 28 heavy (non-hydrogen) atoms. The second-order valence-corrected chi connectivity index (χ2v) is 7.65. The third-order valence-electron chi connectivity index (χ3n) is 4.74. The monoisotopic (exact) mass is 419 g/mol. The summed E-state index contributed by atoms with van der Waals surface area (Å²) in [5, 5.41) is 13.3. The number of halogens is 2. The SMILES string of the molecule is Cc1nn(CCC(=O)Nc2c(C)nn(Cc3ccc(Cl)cc3)c2C)c(C)c1Cl. The van der Waals surface area contributed by atoms with Gasteiger partial charge >= 0.3 is 0 Å². The van der Waals surface area contributed by atoms with Gasteiger partial charge in [0.1, 0.15) is 0 Å². The highest BCUT2D eigenvalue weighted by Crippen LogP contribution is 2.22. The molecule has 0 saturated carbocycles. The van der Waals surface area contributed by atoms with Gasteiger partial charge in [-0.15, -0.1) is 0 Å². The van der Waals surface area contributed by atoms with E-state index in [0.717, 1.165) is 34.0 Å². The molecule has 0 spiro atoms. The first-order valence-electron chi connectivity index (χ1n) is 9.04. The van der Waals surface area contributed by atoms with Crippen molar-refractivity contribution in [2.24, 2.45) is 0 Å². The number of aryl methyl sites for hydroxylation is 3. The van der Waals surface area contributed by atoms with E-state index in [4.69, 9.17) is 23.2 Å². The Morgan fingerprint density at radius 2 is 1.61 bits per heavy atom. The van der Waals surface area contributed by atoms with Crippen molar-refractivity contribution >= 4 is 34.8 Å². The van der Waals surface area contributed by atoms with Crippen LogP contribution in [0.2, 0.25) is 10.0 Å². The summed E-state index contributed by atoms with van der Waals surface area (Å²) in [7, 11) is 0. The van der Waals surface area contributed by atoms with Gasteiger partial charge in [0.15, 0.2) is 0 Å². The van der Waals surface area contributed by atoms with E-state index < -0.39 is 0 Å². The van der Waals surface area contributed by atoms with E-state index in [1.165, 1.54) is 0 Å². The van der Waals surface area contributed by atoms with Crippen molar-refractivity contribution in [3.8, 4) is 0 Å². The summed E-state index contributed by atoms with van der Waals surface area (Å²) in [6.45, 7) is 8.68. The van der Waals surface area contributed by atoms with E-state index in [2.05, 4.69) is 15.5 Å². The molecule has 1 aromatic carbocycles. The summed E-state index contributed by atoms with van der Waals surface area (Å²) in [6.07, 6.45) is 0.305. The second-order valence-electron chi connectivity index (χ2n) is 6.84. The summed E-state index contributed by atoms with van der Waals surface area (Å²) in [5.41, 5.74) is 5.19. The average Bonchev–Trinajstić information content (AvgIpc) is 3.06. The molecule has 3 rings (SSSR count). The normalized spacial score (nSPS) is 11.1. The molecule has 0 bridgehead atoms. The Morgan fingerprint density at radius 1 is 0.964 bits per heavy atom. The highest BCUT2D eigenvalue weighted by atomic mass is 35.5. The van der Waals surface area contributed by atoms with Gasteiger partial charge in [0.25, 0.3) is 0 Å². The minimum atomic E-state index is -0.0825. The van der Waals surface area contributed by atoms with E-state index in [1.54, 1.807) is 4.68 Å². The van der Waals surface area contributed by atoms with E-state index in [9.17, 15) is 4.79 Å². The maximum absolute atomic E-state index is 12.5. The van der Waals surface area contributed by atoms with Crippen LogP contribution in [0.3, 0.4) is 0 Å². The maximum atomic E-state index is 12.5. The molecule has 2 heterocycles. The van der Waals surface area contributed by atoms with Crippen LogP contribution in [0.15, 0.2) is 24.3 Å². The third-order valence-corrected chi connectivity index (χ3v) is 5.53. The molecule has 6 nitrogen and oxygen atoms in total. The van der Waals surface area contributed by atoms with Crippen LogP contribution in [0.1, 0.15) is 34.8 Å². The van der Waals surface area contributed by atoms with Gasteiger partial charge in [0, 0.05) is 11.4 Å². The van der Waals surface area contributed by atoms with Gasteiger partial charge in [-0.2, -0.15) is 10.2 Å². The Kier molecular flexibility index (Phi) is 6.10. The number of hydrogen-bond donors (Lipinski definition) is 1. The van der Waals surface area contributed by atoms with Crippen LogP contribution in [0.5, 0.6) is 0 Å². The van der Waals surface area contributed by atoms with Gasteiger partial charge in [0.05, 0.1) is 46.6 Å². The largest absolute Gasteiger partial charge is 0.323 e. The molecule has 0 aliphatic carbocycles. The first kappa shape index (κ1) is 20.4. The number of amides is 1. The highest BCUT2D eigenvalue weighted by Gasteiger charge is 2.16. The predicted octanol–water partition coefficient (Wildman–Crippen LogP) is 4.70. The molecule has 1 N–H and O–H groups in total. The fourth-order valence-corrected chi connectivity index (χ4v) is 3.36. The van der Waals surface area contributed by atoms with Crippen LogP contribution in [-0.2, 0) is 17.9 Å². The third kappa shape index (κ3) is 4.39. The van der Waals surface area contributed by atoms with E-state index in [0.29, 0.717) is 29.6 Å². The van der Waals surface area contributed by atoms with E-state index >= 15 is 0 Å². The Morgan fingerprint density at radius 3 is 2.21 bits per heavy atom. The van der Waals surface area contributed by atoms with Gasteiger partial charge in [-0.3, -0.25) is 14.2 Å². The van der Waals surface area contributed by atoms with Crippen molar-refractivity contribution in [1.82, 2.24) is 19.6 Å². The fraction of sp³-hybridized carbons (Fsp3) is 0.350. The Balaban J connectivity index is 1.66. The molecule has 8 heteroatoms. The second kappa shape index (κ2) is 8.37. The number of benzene rings is 1. The Bertz CT molecular complexity index is 1000. The number of carbonyl (C=O) groups excluding carboxylic acids is 1. The molecule has 2 aromatic heterocycles. The first-order chi connectivity index (χ1) is 13.3. The number of rotatable bonds is 6. The van der Waals surface area contributed by atoms with Crippen molar-refractivity contribution in [2.75, 3.05) is 5.32 Å². The summed E-state index contributed by atoms with van der Waals surface area (Å²) in [5.74, 6) is -0.0825. The van der Waals surface area contributed by atoms with Crippen molar-refractivity contribution in [2.45, 2.75) is 47.2 Å². The van der Waals surface area contributed by atoms with Crippen LogP contribution in [-0.4, -0.2) is 25.5 Å². The zero-order chi connectivity index (χ0) is 20.4. The molecule has 148 valence electrons. The molecule has 0 saturated heterocycles. The van der Waals surface area contributed by atoms with E-state index in [1.807, 2.05) is 56.6 Å². The van der Waals surface area contributed by atoms with Crippen LogP contribution in [0, 0.1) is 27.7 Å². The van der Waals surface area contributed by atoms with Crippen molar-refractivity contribution in [3.63, 3.8) is 0 Å². The van der Waals surface area contributed by atoms with Crippen LogP contribution in [0.4, 0.5) is 5.69 Å². The van der Waals surface area contributed by atoms with Crippen LogP contribution < -0.4 is 5.32 Å². The summed E-state index contributed by atoms with van der Waals surface area (Å²) < 4.78 is 3.65. The maximum Gasteiger partial charge on any atom is 0.226 e. The number of hydrogen-bond acceptors (Lipinski definition) is 3. The molecule has 1 amide bonds. The standard InChI is InChI=1S/C20H23Cl2N5O/c1-12-19(22)14(3)26(24-12)10-9-18(28)23-20-13(2)25-27(15(20)4)11-16-5-7-17(21)8-6-16/h5-8H,9-11H2,1-4H3,(H,23,28). The zero-order valence-electron chi connectivity index (χ0n) is 16.4. The minimum absolute atomic E-state index is 0.0825. The Labute approximate surface area is 174 Å². The number of nitrogens with one attached hydrogen (secondary N) is 1. The lowest BCUT2D eigenvalue weighted by Gasteiger charge is -2.08. The van der Waals surface area contributed by atoms with Crippen LogP contribution >= 0.6 is 23.2 Å². The molecule has 0 radical (unpaired) electrons. The lowest BCUT2D eigenvalue weighted by Crippen LogP contribution is -2.16. The van der Waals surface area contributed by atoms with Crippen molar-refractivity contribution in [3.05, 3.63) is 62.6 Å².